The number of piperidine rings is 1. The van der Waals surface area contributed by atoms with E-state index in [-0.39, 0.29) is 36.2 Å². The summed E-state index contributed by atoms with van der Waals surface area (Å²) in [5, 5.41) is 2.85. The van der Waals surface area contributed by atoms with Crippen molar-refractivity contribution in [3.8, 4) is 0 Å². The third-order valence-electron chi connectivity index (χ3n) is 4.26. The Bertz CT molecular complexity index is 542. The Balaban J connectivity index is 0.00000264. The lowest BCUT2D eigenvalue weighted by atomic mass is 10.0. The van der Waals surface area contributed by atoms with Gasteiger partial charge < -0.3 is 16.0 Å². The molecule has 2 rings (SSSR count). The highest BCUT2D eigenvalue weighted by Gasteiger charge is 2.23. The molecule has 0 aliphatic carbocycles. The molecule has 1 aromatic rings. The average Bonchev–Trinajstić information content (AvgIpc) is 2.54. The van der Waals surface area contributed by atoms with Gasteiger partial charge in [0.1, 0.15) is 0 Å². The van der Waals surface area contributed by atoms with Gasteiger partial charge in [0.25, 0.3) is 5.91 Å². The van der Waals surface area contributed by atoms with Gasteiger partial charge >= 0.3 is 0 Å². The molecule has 0 aromatic heterocycles. The largest absolute Gasteiger partial charge is 0.339 e. The molecule has 0 bridgehead atoms. The van der Waals surface area contributed by atoms with Crippen LogP contribution in [0.5, 0.6) is 0 Å². The summed E-state index contributed by atoms with van der Waals surface area (Å²) in [7, 11) is 0. The van der Waals surface area contributed by atoms with Gasteiger partial charge in [-0.05, 0) is 38.3 Å². The summed E-state index contributed by atoms with van der Waals surface area (Å²) in [4.78, 5) is 26.7. The number of nitrogens with one attached hydrogen (secondary N) is 1. The second-order valence-electron chi connectivity index (χ2n) is 6.04. The van der Waals surface area contributed by atoms with Crippen molar-refractivity contribution in [1.82, 2.24) is 4.90 Å². The molecule has 5 nitrogen and oxygen atoms in total. The van der Waals surface area contributed by atoms with E-state index in [9.17, 15) is 9.59 Å². The van der Waals surface area contributed by atoms with E-state index in [1.165, 1.54) is 6.42 Å². The average molecular weight is 340 g/mol. The van der Waals surface area contributed by atoms with Gasteiger partial charge in [0.05, 0.1) is 17.2 Å². The number of likely N-dealkylation sites (tertiary alicyclic amines) is 1. The molecule has 2 unspecified atom stereocenters. The molecule has 2 amide bonds. The molecule has 1 aliphatic heterocycles. The van der Waals surface area contributed by atoms with Crippen molar-refractivity contribution in [2.45, 2.75) is 39.2 Å². The van der Waals surface area contributed by atoms with Gasteiger partial charge in [0.15, 0.2) is 0 Å². The van der Waals surface area contributed by atoms with Gasteiger partial charge in [-0.25, -0.2) is 0 Å². The molecular formula is C17H26ClN3O2. The van der Waals surface area contributed by atoms with Crippen LogP contribution in [0.1, 0.15) is 43.5 Å². The standard InChI is InChI=1S/C17H25N3O2.ClH/c1-12(13(2)18)16(21)19-15-9-5-4-8-14(15)17(22)20-10-6-3-7-11-20;/h4-5,8-9,12-13H,3,6-7,10-11,18H2,1-2H3,(H,19,21);1H. The SMILES string of the molecule is CC(N)C(C)C(=O)Nc1ccccc1C(=O)N1CCCCC1.Cl. The third kappa shape index (κ3) is 4.94. The highest BCUT2D eigenvalue weighted by Crippen LogP contribution is 2.20. The summed E-state index contributed by atoms with van der Waals surface area (Å²) < 4.78 is 0. The lowest BCUT2D eigenvalue weighted by Crippen LogP contribution is -2.37. The molecule has 0 spiro atoms. The maximum Gasteiger partial charge on any atom is 0.255 e. The van der Waals surface area contributed by atoms with Crippen LogP contribution in [0.4, 0.5) is 5.69 Å². The molecule has 1 heterocycles. The Kier molecular flexibility index (Phi) is 7.52. The summed E-state index contributed by atoms with van der Waals surface area (Å²) in [6.45, 7) is 5.17. The molecule has 1 saturated heterocycles. The number of carbonyl (C=O) groups is 2. The zero-order chi connectivity index (χ0) is 16.1. The van der Waals surface area contributed by atoms with Gasteiger partial charge in [0.2, 0.25) is 5.91 Å². The van der Waals surface area contributed by atoms with E-state index in [1.807, 2.05) is 17.0 Å². The fourth-order valence-corrected chi connectivity index (χ4v) is 2.53. The molecule has 3 N–H and O–H groups in total. The van der Waals surface area contributed by atoms with Crippen molar-refractivity contribution >= 4 is 29.9 Å². The maximum absolute atomic E-state index is 12.7. The van der Waals surface area contributed by atoms with Gasteiger partial charge in [-0.1, -0.05) is 19.1 Å². The molecule has 1 aromatic carbocycles. The Morgan fingerprint density at radius 1 is 1.13 bits per heavy atom. The number of benzene rings is 1. The van der Waals surface area contributed by atoms with Crippen LogP contribution in [0.25, 0.3) is 0 Å². The van der Waals surface area contributed by atoms with Crippen LogP contribution in [0.3, 0.4) is 0 Å². The number of nitrogens with zero attached hydrogens (tertiary/aromatic N) is 1. The highest BCUT2D eigenvalue weighted by molar-refractivity contribution is 6.04. The molecule has 0 saturated carbocycles. The highest BCUT2D eigenvalue weighted by atomic mass is 35.5. The molecule has 1 fully saturated rings. The van der Waals surface area contributed by atoms with Crippen LogP contribution in [-0.2, 0) is 4.79 Å². The number of halogens is 1. The predicted octanol–water partition coefficient (Wildman–Crippen LogP) is 2.66. The second-order valence-corrected chi connectivity index (χ2v) is 6.04. The maximum atomic E-state index is 12.7. The Morgan fingerprint density at radius 3 is 2.35 bits per heavy atom. The van der Waals surface area contributed by atoms with Crippen molar-refractivity contribution < 1.29 is 9.59 Å². The van der Waals surface area contributed by atoms with Gasteiger partial charge in [-0.15, -0.1) is 12.4 Å². The molecule has 0 radical (unpaired) electrons. The Hall–Kier alpha value is -1.59. The van der Waals surface area contributed by atoms with Gasteiger partial charge in [0, 0.05) is 19.1 Å². The third-order valence-corrected chi connectivity index (χ3v) is 4.26. The van der Waals surface area contributed by atoms with Crippen LogP contribution in [0.15, 0.2) is 24.3 Å². The number of nitrogens with two attached hydrogens (primary N) is 1. The summed E-state index contributed by atoms with van der Waals surface area (Å²) >= 11 is 0. The Morgan fingerprint density at radius 2 is 1.74 bits per heavy atom. The molecule has 6 heteroatoms. The summed E-state index contributed by atoms with van der Waals surface area (Å²) in [5.41, 5.74) is 6.89. The number of hydrogen-bond donors (Lipinski definition) is 2. The first-order valence-corrected chi connectivity index (χ1v) is 7.95. The van der Waals surface area contributed by atoms with Crippen LogP contribution in [0.2, 0.25) is 0 Å². The van der Waals surface area contributed by atoms with Crippen molar-refractivity contribution in [3.63, 3.8) is 0 Å². The minimum Gasteiger partial charge on any atom is -0.339 e. The fourth-order valence-electron chi connectivity index (χ4n) is 2.53. The zero-order valence-corrected chi connectivity index (χ0v) is 14.6. The van der Waals surface area contributed by atoms with Crippen LogP contribution in [0, 0.1) is 5.92 Å². The molecule has 2 atom stereocenters. The number of hydrogen-bond acceptors (Lipinski definition) is 3. The number of carbonyl (C=O) groups excluding carboxylic acids is 2. The van der Waals surface area contributed by atoms with E-state index in [4.69, 9.17) is 5.73 Å². The first-order chi connectivity index (χ1) is 10.5. The predicted molar refractivity (Wildman–Crippen MR) is 94.9 cm³/mol. The molecule has 128 valence electrons. The van der Waals surface area contributed by atoms with E-state index in [0.29, 0.717) is 11.3 Å². The lowest BCUT2D eigenvalue weighted by Gasteiger charge is -2.27. The minimum atomic E-state index is -0.307. The monoisotopic (exact) mass is 339 g/mol. The van der Waals surface area contributed by atoms with Crippen molar-refractivity contribution in [2.24, 2.45) is 11.7 Å². The van der Waals surface area contributed by atoms with E-state index in [2.05, 4.69) is 5.32 Å². The first-order valence-electron chi connectivity index (χ1n) is 7.95. The summed E-state index contributed by atoms with van der Waals surface area (Å²) in [6.07, 6.45) is 3.26. The molecule has 23 heavy (non-hydrogen) atoms. The number of anilines is 1. The minimum absolute atomic E-state index is 0. The quantitative estimate of drug-likeness (QED) is 0.885. The fraction of sp³-hybridized carbons (Fsp3) is 0.529. The lowest BCUT2D eigenvalue weighted by molar-refractivity contribution is -0.119. The molecular weight excluding hydrogens is 314 g/mol. The first kappa shape index (κ1) is 19.5. The second kappa shape index (κ2) is 8.89. The van der Waals surface area contributed by atoms with E-state index < -0.39 is 0 Å². The van der Waals surface area contributed by atoms with Crippen molar-refractivity contribution in [1.29, 1.82) is 0 Å². The van der Waals surface area contributed by atoms with E-state index in [1.54, 1.807) is 26.0 Å². The number of para-hydroxylation sites is 1. The van der Waals surface area contributed by atoms with E-state index >= 15 is 0 Å². The number of amides is 2. The van der Waals surface area contributed by atoms with Crippen LogP contribution in [-0.4, -0.2) is 35.8 Å². The summed E-state index contributed by atoms with van der Waals surface area (Å²) in [6, 6.07) is 6.94. The number of rotatable bonds is 4. The Labute approximate surface area is 144 Å². The normalized spacial score (nSPS) is 16.9. The van der Waals surface area contributed by atoms with Crippen LogP contribution < -0.4 is 11.1 Å². The molecule has 1 aliphatic rings. The van der Waals surface area contributed by atoms with Gasteiger partial charge in [-0.3, -0.25) is 9.59 Å². The van der Waals surface area contributed by atoms with Gasteiger partial charge in [-0.2, -0.15) is 0 Å². The zero-order valence-electron chi connectivity index (χ0n) is 13.7. The van der Waals surface area contributed by atoms with Crippen LogP contribution >= 0.6 is 12.4 Å². The smallest absolute Gasteiger partial charge is 0.255 e. The van der Waals surface area contributed by atoms with Crippen molar-refractivity contribution in [2.75, 3.05) is 18.4 Å². The summed E-state index contributed by atoms with van der Waals surface area (Å²) in [5.74, 6) is -0.476. The van der Waals surface area contributed by atoms with Crippen molar-refractivity contribution in [3.05, 3.63) is 29.8 Å². The topological polar surface area (TPSA) is 75.4 Å². The van der Waals surface area contributed by atoms with E-state index in [0.717, 1.165) is 25.9 Å².